The number of carbonyl (C=O) groups excluding carboxylic acids is 2. The maximum Gasteiger partial charge on any atom is 0.280 e. The highest BCUT2D eigenvalue weighted by atomic mass is 35.5. The molecule has 0 bridgehead atoms. The van der Waals surface area contributed by atoms with Gasteiger partial charge in [-0.1, -0.05) is 28.9 Å². The maximum atomic E-state index is 13.8. The molecule has 31 heavy (non-hydrogen) atoms. The molecule has 2 amide bonds. The summed E-state index contributed by atoms with van der Waals surface area (Å²) in [4.78, 5) is 32.2. The van der Waals surface area contributed by atoms with Crippen LogP contribution in [0.2, 0.25) is 5.02 Å². The van der Waals surface area contributed by atoms with Gasteiger partial charge in [0.1, 0.15) is 11.9 Å². The normalized spacial score (nSPS) is 14.9. The van der Waals surface area contributed by atoms with Crippen molar-refractivity contribution in [2.45, 2.75) is 37.8 Å². The van der Waals surface area contributed by atoms with Gasteiger partial charge in [-0.05, 0) is 60.3 Å². The van der Waals surface area contributed by atoms with Crippen LogP contribution in [0.1, 0.15) is 47.8 Å². The fraction of sp³-hybridized carbons (Fsp3) is 0.286. The number of aromatic nitrogens is 3. The summed E-state index contributed by atoms with van der Waals surface area (Å²) in [6.45, 7) is 0. The number of rotatable bonds is 6. The molecular weight excluding hydrogens is 441 g/mol. The predicted octanol–water partition coefficient (Wildman–Crippen LogP) is 4.17. The van der Waals surface area contributed by atoms with Gasteiger partial charge in [0.15, 0.2) is 5.69 Å². The summed E-state index contributed by atoms with van der Waals surface area (Å²) < 4.78 is 17.6. The second kappa shape index (κ2) is 9.49. The first-order valence-corrected chi connectivity index (χ1v) is 11.0. The van der Waals surface area contributed by atoms with Crippen molar-refractivity contribution in [3.63, 3.8) is 0 Å². The van der Waals surface area contributed by atoms with Gasteiger partial charge in [-0.2, -0.15) is 0 Å². The standard InChI is InChI=1S/C21H19ClFN5O2S/c22-16-11-15(5-6-17(16)23)28(21(30)18-12-31-27-26-18)19(13-7-9-24-10-8-13)20(29)25-14-3-1-2-4-14/h5-12,14,19H,1-4H2,(H,25,29)/t19-/m0/s1. The number of pyridine rings is 1. The highest BCUT2D eigenvalue weighted by Gasteiger charge is 2.36. The Morgan fingerprint density at radius 1 is 1.19 bits per heavy atom. The number of nitrogens with zero attached hydrogens (tertiary/aromatic N) is 4. The summed E-state index contributed by atoms with van der Waals surface area (Å²) in [5, 5.41) is 8.27. The van der Waals surface area contributed by atoms with E-state index in [1.54, 1.807) is 24.5 Å². The lowest BCUT2D eigenvalue weighted by molar-refractivity contribution is -0.123. The molecular formula is C21H19ClFN5O2S. The molecule has 4 rings (SSSR count). The van der Waals surface area contributed by atoms with Crippen molar-refractivity contribution in [2.24, 2.45) is 0 Å². The van der Waals surface area contributed by atoms with Crippen LogP contribution in [-0.4, -0.2) is 32.4 Å². The first-order valence-electron chi connectivity index (χ1n) is 9.80. The molecule has 0 saturated heterocycles. The second-order valence-electron chi connectivity index (χ2n) is 7.24. The summed E-state index contributed by atoms with van der Waals surface area (Å²) in [6.07, 6.45) is 6.98. The van der Waals surface area contributed by atoms with Crippen LogP contribution in [0.15, 0.2) is 48.1 Å². The monoisotopic (exact) mass is 459 g/mol. The molecule has 1 saturated carbocycles. The van der Waals surface area contributed by atoms with Crippen LogP contribution in [0.5, 0.6) is 0 Å². The third-order valence-corrected chi connectivity index (χ3v) is 6.00. The zero-order chi connectivity index (χ0) is 21.8. The Bertz CT molecular complexity index is 1060. The number of halogens is 2. The number of anilines is 1. The van der Waals surface area contributed by atoms with Crippen molar-refractivity contribution in [1.82, 2.24) is 19.9 Å². The highest BCUT2D eigenvalue weighted by molar-refractivity contribution is 7.03. The molecule has 0 aliphatic heterocycles. The smallest absolute Gasteiger partial charge is 0.280 e. The minimum absolute atomic E-state index is 0.0477. The van der Waals surface area contributed by atoms with E-state index in [0.29, 0.717) is 5.56 Å². The highest BCUT2D eigenvalue weighted by Crippen LogP contribution is 2.32. The summed E-state index contributed by atoms with van der Waals surface area (Å²) >= 11 is 7.03. The van der Waals surface area contributed by atoms with Crippen molar-refractivity contribution in [1.29, 1.82) is 0 Å². The van der Waals surface area contributed by atoms with E-state index < -0.39 is 17.8 Å². The van der Waals surface area contributed by atoms with E-state index in [4.69, 9.17) is 11.6 Å². The topological polar surface area (TPSA) is 88.1 Å². The molecule has 2 heterocycles. The molecule has 1 fully saturated rings. The van der Waals surface area contributed by atoms with Gasteiger partial charge >= 0.3 is 0 Å². The van der Waals surface area contributed by atoms with Crippen LogP contribution in [0.3, 0.4) is 0 Å². The van der Waals surface area contributed by atoms with Gasteiger partial charge in [0.25, 0.3) is 5.91 Å². The van der Waals surface area contributed by atoms with Crippen molar-refractivity contribution < 1.29 is 14.0 Å². The molecule has 1 aliphatic rings. The molecule has 0 unspecified atom stereocenters. The van der Waals surface area contributed by atoms with E-state index in [1.165, 1.54) is 22.4 Å². The van der Waals surface area contributed by atoms with Crippen LogP contribution in [-0.2, 0) is 4.79 Å². The predicted molar refractivity (Wildman–Crippen MR) is 116 cm³/mol. The molecule has 1 N–H and O–H groups in total. The number of nitrogens with one attached hydrogen (secondary N) is 1. The van der Waals surface area contributed by atoms with Crippen LogP contribution in [0.4, 0.5) is 10.1 Å². The number of amides is 2. The van der Waals surface area contributed by atoms with Crippen LogP contribution >= 0.6 is 23.1 Å². The van der Waals surface area contributed by atoms with Gasteiger partial charge in [-0.15, -0.1) is 5.10 Å². The lowest BCUT2D eigenvalue weighted by atomic mass is 10.0. The van der Waals surface area contributed by atoms with Crippen LogP contribution in [0, 0.1) is 5.82 Å². The van der Waals surface area contributed by atoms with Gasteiger partial charge in [-0.3, -0.25) is 19.5 Å². The average molecular weight is 460 g/mol. The Hall–Kier alpha value is -2.91. The number of hydrogen-bond acceptors (Lipinski definition) is 6. The molecule has 1 aliphatic carbocycles. The SMILES string of the molecule is O=C(NC1CCCC1)[C@H](c1ccncc1)N(C(=O)c1csnn1)c1ccc(F)c(Cl)c1. The summed E-state index contributed by atoms with van der Waals surface area (Å²) in [6, 6.07) is 6.26. The lowest BCUT2D eigenvalue weighted by Gasteiger charge is -2.31. The largest absolute Gasteiger partial charge is 0.351 e. The zero-order valence-electron chi connectivity index (χ0n) is 16.4. The Kier molecular flexibility index (Phi) is 6.53. The van der Waals surface area contributed by atoms with E-state index in [9.17, 15) is 14.0 Å². The molecule has 160 valence electrons. The van der Waals surface area contributed by atoms with Crippen molar-refractivity contribution in [2.75, 3.05) is 4.90 Å². The number of benzene rings is 1. The van der Waals surface area contributed by atoms with Gasteiger partial charge in [0, 0.05) is 29.5 Å². The Balaban J connectivity index is 1.81. The fourth-order valence-electron chi connectivity index (χ4n) is 3.71. The molecule has 3 aromatic rings. The first-order chi connectivity index (χ1) is 15.0. The fourth-order valence-corrected chi connectivity index (χ4v) is 4.32. The van der Waals surface area contributed by atoms with E-state index in [0.717, 1.165) is 43.3 Å². The molecule has 0 radical (unpaired) electrons. The van der Waals surface area contributed by atoms with E-state index in [2.05, 4.69) is 19.9 Å². The third-order valence-electron chi connectivity index (χ3n) is 5.21. The number of hydrogen-bond donors (Lipinski definition) is 1. The lowest BCUT2D eigenvalue weighted by Crippen LogP contribution is -2.46. The first kappa shape index (κ1) is 21.3. The van der Waals surface area contributed by atoms with E-state index in [1.807, 2.05) is 0 Å². The number of carbonyl (C=O) groups is 2. The van der Waals surface area contributed by atoms with Gasteiger partial charge in [0.2, 0.25) is 5.91 Å². The van der Waals surface area contributed by atoms with Crippen molar-refractivity contribution in [3.8, 4) is 0 Å². The van der Waals surface area contributed by atoms with Gasteiger partial charge < -0.3 is 5.32 Å². The second-order valence-corrected chi connectivity index (χ2v) is 8.25. The summed E-state index contributed by atoms with van der Waals surface area (Å²) in [5.74, 6) is -1.50. The van der Waals surface area contributed by atoms with E-state index >= 15 is 0 Å². The van der Waals surface area contributed by atoms with Crippen LogP contribution < -0.4 is 10.2 Å². The Labute approximate surface area is 187 Å². The van der Waals surface area contributed by atoms with Crippen LogP contribution in [0.25, 0.3) is 0 Å². The minimum Gasteiger partial charge on any atom is -0.351 e. The quantitative estimate of drug-likeness (QED) is 0.597. The minimum atomic E-state index is -1.03. The molecule has 1 atom stereocenters. The zero-order valence-corrected chi connectivity index (χ0v) is 17.9. The maximum absolute atomic E-state index is 13.8. The molecule has 1 aromatic carbocycles. The molecule has 7 nitrogen and oxygen atoms in total. The average Bonchev–Trinajstić information content (AvgIpc) is 3.48. The van der Waals surface area contributed by atoms with Crippen molar-refractivity contribution in [3.05, 3.63) is 70.2 Å². The third kappa shape index (κ3) is 4.72. The van der Waals surface area contributed by atoms with Crippen molar-refractivity contribution >= 4 is 40.6 Å². The van der Waals surface area contributed by atoms with Gasteiger partial charge in [0.05, 0.1) is 5.02 Å². The Morgan fingerprint density at radius 2 is 1.94 bits per heavy atom. The van der Waals surface area contributed by atoms with Gasteiger partial charge in [-0.25, -0.2) is 4.39 Å². The Morgan fingerprint density at radius 3 is 2.58 bits per heavy atom. The molecule has 2 aromatic heterocycles. The summed E-state index contributed by atoms with van der Waals surface area (Å²) in [7, 11) is 0. The molecule has 0 spiro atoms. The molecule has 10 heteroatoms. The van der Waals surface area contributed by atoms with E-state index in [-0.39, 0.29) is 28.4 Å². The summed E-state index contributed by atoms with van der Waals surface area (Å²) in [5.41, 5.74) is 0.911.